The standard InChI is InChI=1S/C11H20N4O3/c1-3-4-6-11(2)9(17)15(10(18)13-11)7-5-8(16)14-12/h3-7,12H2,1-2H3,(H,13,18)(H,14,16). The smallest absolute Gasteiger partial charge is 0.323 e. The van der Waals surface area contributed by atoms with Crippen molar-refractivity contribution in [3.63, 3.8) is 0 Å². The number of carbonyl (C=O) groups excluding carboxylic acids is 3. The largest absolute Gasteiger partial charge is 0.325 e. The van der Waals surface area contributed by atoms with E-state index in [0.29, 0.717) is 6.42 Å². The third kappa shape index (κ3) is 2.98. The van der Waals surface area contributed by atoms with Crippen LogP contribution in [0.2, 0.25) is 0 Å². The van der Waals surface area contributed by atoms with Crippen LogP contribution in [0.4, 0.5) is 4.79 Å². The molecule has 0 bridgehead atoms. The van der Waals surface area contributed by atoms with E-state index in [9.17, 15) is 14.4 Å². The zero-order valence-corrected chi connectivity index (χ0v) is 10.8. The normalized spacial score (nSPS) is 23.2. The summed E-state index contributed by atoms with van der Waals surface area (Å²) in [7, 11) is 0. The van der Waals surface area contributed by atoms with Crippen molar-refractivity contribution in [1.29, 1.82) is 0 Å². The monoisotopic (exact) mass is 256 g/mol. The molecule has 102 valence electrons. The molecule has 1 rings (SSSR count). The van der Waals surface area contributed by atoms with Crippen molar-refractivity contribution in [2.24, 2.45) is 5.84 Å². The third-order valence-corrected chi connectivity index (χ3v) is 3.10. The minimum atomic E-state index is -0.841. The van der Waals surface area contributed by atoms with Crippen molar-refractivity contribution in [1.82, 2.24) is 15.6 Å². The van der Waals surface area contributed by atoms with E-state index >= 15 is 0 Å². The Balaban J connectivity index is 2.63. The minimum absolute atomic E-state index is 0.0134. The molecule has 0 radical (unpaired) electrons. The summed E-state index contributed by atoms with van der Waals surface area (Å²) in [5.41, 5.74) is 1.12. The van der Waals surface area contributed by atoms with Crippen LogP contribution in [0.15, 0.2) is 0 Å². The van der Waals surface area contributed by atoms with E-state index in [-0.39, 0.29) is 18.9 Å². The molecule has 1 aliphatic heterocycles. The lowest BCUT2D eigenvalue weighted by Crippen LogP contribution is -2.44. The van der Waals surface area contributed by atoms with E-state index < -0.39 is 17.5 Å². The molecular formula is C11H20N4O3. The van der Waals surface area contributed by atoms with Crippen LogP contribution in [0.25, 0.3) is 0 Å². The van der Waals surface area contributed by atoms with Gasteiger partial charge < -0.3 is 5.32 Å². The highest BCUT2D eigenvalue weighted by Gasteiger charge is 2.46. The number of urea groups is 1. The second-order valence-electron chi connectivity index (χ2n) is 4.64. The number of rotatable bonds is 6. The molecule has 1 fully saturated rings. The summed E-state index contributed by atoms with van der Waals surface area (Å²) in [4.78, 5) is 35.9. The number of imide groups is 1. The van der Waals surface area contributed by atoms with Gasteiger partial charge in [0.2, 0.25) is 5.91 Å². The van der Waals surface area contributed by atoms with Gasteiger partial charge in [-0.15, -0.1) is 0 Å². The van der Waals surface area contributed by atoms with E-state index in [4.69, 9.17) is 5.84 Å². The predicted octanol–water partition coefficient (Wildman–Crippen LogP) is -0.133. The van der Waals surface area contributed by atoms with Gasteiger partial charge in [-0.1, -0.05) is 19.8 Å². The lowest BCUT2D eigenvalue weighted by atomic mass is 9.95. The highest BCUT2D eigenvalue weighted by atomic mass is 16.2. The summed E-state index contributed by atoms with van der Waals surface area (Å²) in [6.07, 6.45) is 2.43. The fourth-order valence-electron chi connectivity index (χ4n) is 1.94. The van der Waals surface area contributed by atoms with Crippen molar-refractivity contribution in [3.8, 4) is 0 Å². The molecule has 1 saturated heterocycles. The Hall–Kier alpha value is -1.63. The minimum Gasteiger partial charge on any atom is -0.323 e. The Kier molecular flexibility index (Phi) is 4.66. The van der Waals surface area contributed by atoms with Crippen molar-refractivity contribution in [2.75, 3.05) is 6.54 Å². The molecule has 0 spiro atoms. The quantitative estimate of drug-likeness (QED) is 0.266. The van der Waals surface area contributed by atoms with Gasteiger partial charge in [-0.3, -0.25) is 19.9 Å². The fraction of sp³-hybridized carbons (Fsp3) is 0.727. The van der Waals surface area contributed by atoms with E-state index in [0.717, 1.165) is 17.7 Å². The number of amides is 4. The van der Waals surface area contributed by atoms with Gasteiger partial charge in [0, 0.05) is 13.0 Å². The SMILES string of the molecule is CCCCC1(C)NC(=O)N(CCC(=O)NN)C1=O. The van der Waals surface area contributed by atoms with Crippen LogP contribution in [0.3, 0.4) is 0 Å². The summed E-state index contributed by atoms with van der Waals surface area (Å²) in [6, 6.07) is -0.441. The molecule has 0 aromatic carbocycles. The van der Waals surface area contributed by atoms with Crippen molar-refractivity contribution < 1.29 is 14.4 Å². The van der Waals surface area contributed by atoms with Gasteiger partial charge >= 0.3 is 6.03 Å². The van der Waals surface area contributed by atoms with Gasteiger partial charge in [0.15, 0.2) is 0 Å². The van der Waals surface area contributed by atoms with Gasteiger partial charge in [-0.2, -0.15) is 0 Å². The number of hydrogen-bond donors (Lipinski definition) is 3. The number of carbonyl (C=O) groups is 3. The number of hydrazine groups is 1. The number of nitrogens with one attached hydrogen (secondary N) is 2. The summed E-state index contributed by atoms with van der Waals surface area (Å²) >= 11 is 0. The average Bonchev–Trinajstić information content (AvgIpc) is 2.56. The van der Waals surface area contributed by atoms with E-state index in [1.54, 1.807) is 6.92 Å². The highest BCUT2D eigenvalue weighted by molar-refractivity contribution is 6.06. The Morgan fingerprint density at radius 1 is 1.50 bits per heavy atom. The molecule has 0 aromatic rings. The first-order valence-corrected chi connectivity index (χ1v) is 6.08. The third-order valence-electron chi connectivity index (χ3n) is 3.10. The molecule has 7 heteroatoms. The lowest BCUT2D eigenvalue weighted by Gasteiger charge is -2.21. The molecule has 4 N–H and O–H groups in total. The fourth-order valence-corrected chi connectivity index (χ4v) is 1.94. The molecule has 18 heavy (non-hydrogen) atoms. The topological polar surface area (TPSA) is 105 Å². The molecular weight excluding hydrogens is 236 g/mol. The number of nitrogens with zero attached hydrogens (tertiary/aromatic N) is 1. The van der Waals surface area contributed by atoms with Crippen LogP contribution in [0.1, 0.15) is 39.5 Å². The molecule has 1 atom stereocenters. The van der Waals surface area contributed by atoms with Crippen LogP contribution in [0.5, 0.6) is 0 Å². The Morgan fingerprint density at radius 2 is 2.17 bits per heavy atom. The second-order valence-corrected chi connectivity index (χ2v) is 4.64. The van der Waals surface area contributed by atoms with Gasteiger partial charge in [-0.05, 0) is 13.3 Å². The summed E-state index contributed by atoms with van der Waals surface area (Å²) in [5.74, 6) is 4.26. The summed E-state index contributed by atoms with van der Waals surface area (Å²) in [6.45, 7) is 3.79. The van der Waals surface area contributed by atoms with Crippen molar-refractivity contribution >= 4 is 17.8 Å². The maximum atomic E-state index is 12.1. The zero-order chi connectivity index (χ0) is 13.8. The first kappa shape index (κ1) is 14.4. The Bertz CT molecular complexity index is 358. The van der Waals surface area contributed by atoms with Crippen LogP contribution in [0, 0.1) is 0 Å². The van der Waals surface area contributed by atoms with Crippen molar-refractivity contribution in [2.45, 2.75) is 45.1 Å². The molecule has 1 unspecified atom stereocenters. The molecule has 1 aliphatic rings. The average molecular weight is 256 g/mol. The summed E-state index contributed by atoms with van der Waals surface area (Å²) < 4.78 is 0. The van der Waals surface area contributed by atoms with E-state index in [1.165, 1.54) is 0 Å². The molecule has 4 amide bonds. The second kappa shape index (κ2) is 5.81. The number of unbranched alkanes of at least 4 members (excludes halogenated alkanes) is 1. The molecule has 1 heterocycles. The van der Waals surface area contributed by atoms with E-state index in [1.807, 2.05) is 12.3 Å². The maximum absolute atomic E-state index is 12.1. The van der Waals surface area contributed by atoms with Crippen LogP contribution in [-0.4, -0.2) is 34.8 Å². The molecule has 0 aliphatic carbocycles. The van der Waals surface area contributed by atoms with Gasteiger partial charge in [0.25, 0.3) is 5.91 Å². The zero-order valence-electron chi connectivity index (χ0n) is 10.8. The Labute approximate surface area is 106 Å². The molecule has 0 aromatic heterocycles. The first-order valence-electron chi connectivity index (χ1n) is 6.08. The van der Waals surface area contributed by atoms with Gasteiger partial charge in [-0.25, -0.2) is 10.6 Å². The molecule has 7 nitrogen and oxygen atoms in total. The van der Waals surface area contributed by atoms with Gasteiger partial charge in [0.05, 0.1) is 0 Å². The van der Waals surface area contributed by atoms with Crippen LogP contribution >= 0.6 is 0 Å². The molecule has 0 saturated carbocycles. The van der Waals surface area contributed by atoms with Gasteiger partial charge in [0.1, 0.15) is 5.54 Å². The first-order chi connectivity index (χ1) is 8.44. The van der Waals surface area contributed by atoms with E-state index in [2.05, 4.69) is 5.32 Å². The van der Waals surface area contributed by atoms with Crippen LogP contribution in [-0.2, 0) is 9.59 Å². The lowest BCUT2D eigenvalue weighted by molar-refractivity contribution is -0.131. The van der Waals surface area contributed by atoms with Crippen LogP contribution < -0.4 is 16.6 Å². The Morgan fingerprint density at radius 3 is 2.72 bits per heavy atom. The summed E-state index contributed by atoms with van der Waals surface area (Å²) in [5, 5.41) is 2.68. The maximum Gasteiger partial charge on any atom is 0.325 e. The number of hydrogen-bond acceptors (Lipinski definition) is 4. The number of nitrogens with two attached hydrogens (primary N) is 1. The highest BCUT2D eigenvalue weighted by Crippen LogP contribution is 2.23. The van der Waals surface area contributed by atoms with Crippen molar-refractivity contribution in [3.05, 3.63) is 0 Å². The predicted molar refractivity (Wildman–Crippen MR) is 65.1 cm³/mol.